The number of esters is 2. The topological polar surface area (TPSA) is 68.4 Å². The summed E-state index contributed by atoms with van der Waals surface area (Å²) in [5.41, 5.74) is 2.42. The molecule has 0 aliphatic carbocycles. The fraction of sp³-hybridized carbons (Fsp3) is 0. The van der Waals surface area contributed by atoms with E-state index in [9.17, 15) is 9.59 Å². The maximum absolute atomic E-state index is 12.7. The van der Waals surface area contributed by atoms with Crippen LogP contribution in [-0.2, 0) is 0 Å². The zero-order chi connectivity index (χ0) is 21.2. The highest BCUT2D eigenvalue weighted by atomic mass is 16.5. The van der Waals surface area contributed by atoms with Crippen molar-refractivity contribution >= 4 is 33.7 Å². The summed E-state index contributed by atoms with van der Waals surface area (Å²) in [7, 11) is 0. The van der Waals surface area contributed by atoms with Gasteiger partial charge in [0.1, 0.15) is 5.75 Å². The number of hydrogen-bond donors (Lipinski definition) is 1. The van der Waals surface area contributed by atoms with Crippen molar-refractivity contribution in [3.8, 4) is 11.5 Å². The third-order valence-corrected chi connectivity index (χ3v) is 5.02. The second-order valence-electron chi connectivity index (χ2n) is 7.02. The monoisotopic (exact) mass is 407 g/mol. The van der Waals surface area contributed by atoms with Crippen molar-refractivity contribution in [2.24, 2.45) is 0 Å². The normalized spacial score (nSPS) is 10.8. The number of aromatic amines is 1. The minimum absolute atomic E-state index is 0.337. The largest absolute Gasteiger partial charge is 0.423 e. The predicted octanol–water partition coefficient (Wildman–Crippen LogP) is 5.76. The van der Waals surface area contributed by atoms with Crippen LogP contribution in [0.15, 0.2) is 97.1 Å². The molecular formula is C26H17NO4. The first-order valence-corrected chi connectivity index (χ1v) is 9.78. The summed E-state index contributed by atoms with van der Waals surface area (Å²) < 4.78 is 11.0. The number of nitrogens with one attached hydrogen (secondary N) is 1. The van der Waals surface area contributed by atoms with Gasteiger partial charge in [-0.1, -0.05) is 48.5 Å². The molecule has 1 N–H and O–H groups in total. The molecule has 0 saturated carbocycles. The summed E-state index contributed by atoms with van der Waals surface area (Å²) in [5.74, 6) is -0.0863. The zero-order valence-corrected chi connectivity index (χ0v) is 16.4. The van der Waals surface area contributed by atoms with Crippen molar-refractivity contribution in [3.63, 3.8) is 0 Å². The number of hydrogen-bond acceptors (Lipinski definition) is 4. The molecule has 0 spiro atoms. The molecule has 31 heavy (non-hydrogen) atoms. The summed E-state index contributed by atoms with van der Waals surface area (Å²) in [6.45, 7) is 0. The van der Waals surface area contributed by atoms with Crippen LogP contribution in [0.1, 0.15) is 20.7 Å². The standard InChI is InChI=1S/C26H17NO4/c28-25(30-19-7-2-1-3-8-19)17-13-15-18(16-14-17)26(29)31-23-12-6-10-21-20-9-4-5-11-22(20)27-24(21)23/h1-16,27H. The van der Waals surface area contributed by atoms with Crippen molar-refractivity contribution in [2.75, 3.05) is 0 Å². The number of H-pyrrole nitrogens is 1. The van der Waals surface area contributed by atoms with E-state index in [1.54, 1.807) is 54.6 Å². The van der Waals surface area contributed by atoms with Crippen LogP contribution in [0, 0.1) is 0 Å². The molecule has 0 unspecified atom stereocenters. The number of rotatable bonds is 4. The Balaban J connectivity index is 1.36. The lowest BCUT2D eigenvalue weighted by atomic mass is 10.1. The van der Waals surface area contributed by atoms with Gasteiger partial charge in [-0.25, -0.2) is 9.59 Å². The molecule has 5 aromatic rings. The van der Waals surface area contributed by atoms with Gasteiger partial charge in [0.05, 0.1) is 16.6 Å². The zero-order valence-electron chi connectivity index (χ0n) is 16.4. The van der Waals surface area contributed by atoms with Crippen molar-refractivity contribution in [2.45, 2.75) is 0 Å². The third kappa shape index (κ3) is 3.65. The molecule has 0 aliphatic rings. The van der Waals surface area contributed by atoms with E-state index in [4.69, 9.17) is 9.47 Å². The van der Waals surface area contributed by atoms with Crippen LogP contribution < -0.4 is 9.47 Å². The van der Waals surface area contributed by atoms with E-state index < -0.39 is 11.9 Å². The SMILES string of the molecule is O=C(Oc1ccccc1)c1ccc(C(=O)Oc2cccc3c2[nH]c2ccccc23)cc1. The fourth-order valence-electron chi connectivity index (χ4n) is 3.49. The minimum atomic E-state index is -0.505. The molecule has 5 nitrogen and oxygen atoms in total. The number of carbonyl (C=O) groups is 2. The third-order valence-electron chi connectivity index (χ3n) is 5.02. The quantitative estimate of drug-likeness (QED) is 0.304. The van der Waals surface area contributed by atoms with Crippen LogP contribution >= 0.6 is 0 Å². The van der Waals surface area contributed by atoms with Crippen LogP contribution in [0.2, 0.25) is 0 Å². The van der Waals surface area contributed by atoms with Gasteiger partial charge >= 0.3 is 11.9 Å². The number of ether oxygens (including phenoxy) is 2. The van der Waals surface area contributed by atoms with Crippen LogP contribution in [0.3, 0.4) is 0 Å². The van der Waals surface area contributed by atoms with Crippen molar-refractivity contribution in [1.29, 1.82) is 0 Å². The lowest BCUT2D eigenvalue weighted by Crippen LogP contribution is -2.11. The lowest BCUT2D eigenvalue weighted by Gasteiger charge is -2.07. The molecule has 150 valence electrons. The van der Waals surface area contributed by atoms with Crippen LogP contribution in [0.4, 0.5) is 0 Å². The Hall–Kier alpha value is -4.38. The molecule has 5 heteroatoms. The molecule has 0 saturated heterocycles. The van der Waals surface area contributed by atoms with Crippen LogP contribution in [0.25, 0.3) is 21.8 Å². The number of para-hydroxylation sites is 3. The summed E-state index contributed by atoms with van der Waals surface area (Å²) in [6.07, 6.45) is 0. The smallest absolute Gasteiger partial charge is 0.343 e. The molecule has 1 aromatic heterocycles. The molecule has 0 aliphatic heterocycles. The minimum Gasteiger partial charge on any atom is -0.423 e. The molecule has 0 atom stereocenters. The molecule has 0 bridgehead atoms. The Morgan fingerprint density at radius 2 is 1.19 bits per heavy atom. The van der Waals surface area contributed by atoms with Crippen LogP contribution in [-0.4, -0.2) is 16.9 Å². The number of benzene rings is 4. The Kier molecular flexibility index (Phi) is 4.69. The van der Waals surface area contributed by atoms with Gasteiger partial charge in [-0.3, -0.25) is 0 Å². The van der Waals surface area contributed by atoms with Gasteiger partial charge in [0.25, 0.3) is 0 Å². The highest BCUT2D eigenvalue weighted by molar-refractivity contribution is 6.09. The first-order valence-electron chi connectivity index (χ1n) is 9.78. The molecule has 0 fully saturated rings. The van der Waals surface area contributed by atoms with Gasteiger partial charge in [-0.2, -0.15) is 0 Å². The summed E-state index contributed by atoms with van der Waals surface area (Å²) in [4.78, 5) is 28.3. The Labute approximate surface area is 177 Å². The van der Waals surface area contributed by atoms with Crippen LogP contribution in [0.5, 0.6) is 11.5 Å². The van der Waals surface area contributed by atoms with E-state index >= 15 is 0 Å². The number of fused-ring (bicyclic) bond motifs is 3. The molecular weight excluding hydrogens is 390 g/mol. The van der Waals surface area contributed by atoms with E-state index in [1.165, 1.54) is 0 Å². The second kappa shape index (κ2) is 7.80. The summed E-state index contributed by atoms with van der Waals surface area (Å²) >= 11 is 0. The molecule has 0 radical (unpaired) electrons. The first-order chi connectivity index (χ1) is 15.2. The van der Waals surface area contributed by atoms with Gasteiger partial charge in [0.15, 0.2) is 5.75 Å². The Morgan fingerprint density at radius 1 is 0.581 bits per heavy atom. The number of carbonyl (C=O) groups excluding carboxylic acids is 2. The maximum Gasteiger partial charge on any atom is 0.343 e. The van der Waals surface area contributed by atoms with E-state index in [2.05, 4.69) is 4.98 Å². The first kappa shape index (κ1) is 18.6. The van der Waals surface area contributed by atoms with Crippen molar-refractivity contribution in [1.82, 2.24) is 4.98 Å². The van der Waals surface area contributed by atoms with Crippen molar-refractivity contribution < 1.29 is 19.1 Å². The number of aromatic nitrogens is 1. The van der Waals surface area contributed by atoms with Gasteiger partial charge in [0.2, 0.25) is 0 Å². The highest BCUT2D eigenvalue weighted by Gasteiger charge is 2.15. The Morgan fingerprint density at radius 3 is 1.94 bits per heavy atom. The van der Waals surface area contributed by atoms with Gasteiger partial charge in [-0.05, 0) is 48.5 Å². The highest BCUT2D eigenvalue weighted by Crippen LogP contribution is 2.31. The molecule has 5 rings (SSSR count). The van der Waals surface area contributed by atoms with Gasteiger partial charge in [0, 0.05) is 16.3 Å². The fourth-order valence-corrected chi connectivity index (χ4v) is 3.49. The molecule has 4 aromatic carbocycles. The predicted molar refractivity (Wildman–Crippen MR) is 119 cm³/mol. The Bertz CT molecular complexity index is 1400. The van der Waals surface area contributed by atoms with E-state index in [0.29, 0.717) is 22.6 Å². The van der Waals surface area contributed by atoms with Gasteiger partial charge in [-0.15, -0.1) is 0 Å². The van der Waals surface area contributed by atoms with Crippen molar-refractivity contribution in [3.05, 3.63) is 108 Å². The van der Waals surface area contributed by atoms with E-state index in [-0.39, 0.29) is 0 Å². The van der Waals surface area contributed by atoms with Gasteiger partial charge < -0.3 is 14.5 Å². The summed E-state index contributed by atoms with van der Waals surface area (Å²) in [5, 5.41) is 2.05. The summed E-state index contributed by atoms with van der Waals surface area (Å²) in [6, 6.07) is 28.5. The average Bonchev–Trinajstić information content (AvgIpc) is 3.20. The van der Waals surface area contributed by atoms with E-state index in [0.717, 1.165) is 21.8 Å². The second-order valence-corrected chi connectivity index (χ2v) is 7.02. The maximum atomic E-state index is 12.7. The van der Waals surface area contributed by atoms with E-state index in [1.807, 2.05) is 42.5 Å². The lowest BCUT2D eigenvalue weighted by molar-refractivity contribution is 0.0721. The molecule has 1 heterocycles. The molecule has 0 amide bonds. The average molecular weight is 407 g/mol.